The summed E-state index contributed by atoms with van der Waals surface area (Å²) in [6, 6.07) is 29.9. The lowest BCUT2D eigenvalue weighted by Gasteiger charge is -2.20. The fourth-order valence-electron chi connectivity index (χ4n) is 8.75. The number of carboxylic acid groups (broad SMARTS) is 1. The normalized spacial score (nSPS) is 11.2. The second kappa shape index (κ2) is 25.7. The van der Waals surface area contributed by atoms with Gasteiger partial charge >= 0.3 is 5.69 Å². The molecule has 1 aliphatic carbocycles. The van der Waals surface area contributed by atoms with Gasteiger partial charge in [0, 0.05) is 98.5 Å². The van der Waals surface area contributed by atoms with Crippen molar-refractivity contribution in [1.82, 2.24) is 39.7 Å². The number of para-hydroxylation sites is 2. The molecule has 4 aromatic carbocycles. The largest absolute Gasteiger partial charge is 0.545 e. The third-order valence-electron chi connectivity index (χ3n) is 12.9. The van der Waals surface area contributed by atoms with Crippen LogP contribution in [0.5, 0.6) is 5.75 Å². The van der Waals surface area contributed by atoms with Gasteiger partial charge in [-0.1, -0.05) is 24.6 Å². The van der Waals surface area contributed by atoms with Gasteiger partial charge in [-0.15, -0.1) is 5.10 Å². The Labute approximate surface area is 448 Å². The van der Waals surface area contributed by atoms with Gasteiger partial charge in [-0.25, -0.2) is 18.8 Å². The highest BCUT2D eigenvalue weighted by molar-refractivity contribution is 6.09. The maximum absolute atomic E-state index is 13.6. The number of rotatable bonds is 25. The molecule has 0 bridgehead atoms. The fourth-order valence-corrected chi connectivity index (χ4v) is 8.75. The van der Waals surface area contributed by atoms with E-state index in [1.54, 1.807) is 67.8 Å². The van der Waals surface area contributed by atoms with Gasteiger partial charge in [0.05, 0.1) is 62.3 Å². The highest BCUT2D eigenvalue weighted by atomic mass is 16.5. The van der Waals surface area contributed by atoms with Crippen LogP contribution in [-0.2, 0) is 23.9 Å². The number of nitrogens with zero attached hydrogens (tertiary/aromatic N) is 6. The summed E-state index contributed by atoms with van der Waals surface area (Å²) in [5.74, 6) is -1.51. The first kappa shape index (κ1) is 55.3. The molecule has 1 aliphatic heterocycles. The van der Waals surface area contributed by atoms with Crippen LogP contribution in [0.2, 0.25) is 0 Å². The number of ether oxygens (including phenoxy) is 3. The number of amides is 4. The number of benzene rings is 5. The zero-order valence-electron chi connectivity index (χ0n) is 44.2. The van der Waals surface area contributed by atoms with Crippen LogP contribution in [0.4, 0.5) is 11.5 Å². The number of aromatic nitrogens is 4. The van der Waals surface area contributed by atoms with E-state index in [4.69, 9.17) is 18.6 Å². The quantitative estimate of drug-likeness (QED) is 0.0359. The Hall–Kier alpha value is -8.95. The number of carboxylic acids is 1. The van der Waals surface area contributed by atoms with Crippen LogP contribution >= 0.6 is 0 Å². The van der Waals surface area contributed by atoms with E-state index in [0.717, 1.165) is 11.0 Å². The van der Waals surface area contributed by atoms with Crippen molar-refractivity contribution in [3.63, 3.8) is 0 Å². The van der Waals surface area contributed by atoms with Gasteiger partial charge < -0.3 is 54.7 Å². The van der Waals surface area contributed by atoms with Gasteiger partial charge in [-0.05, 0) is 85.1 Å². The number of carbonyl (C=O) groups is 5. The van der Waals surface area contributed by atoms with E-state index >= 15 is 0 Å². The van der Waals surface area contributed by atoms with Gasteiger partial charge in [-0.2, -0.15) is 4.68 Å². The minimum atomic E-state index is -1.41. The van der Waals surface area contributed by atoms with Crippen LogP contribution < -0.4 is 51.6 Å². The summed E-state index contributed by atoms with van der Waals surface area (Å²) in [5, 5.41) is 29.9. The Balaban J connectivity index is 0.687. The topological polar surface area (TPSA) is 256 Å². The molecule has 21 heteroatoms. The predicted octanol–water partition coefficient (Wildman–Crippen LogP) is 4.00. The molecule has 406 valence electrons. The highest BCUT2D eigenvalue weighted by Gasteiger charge is 2.23. The van der Waals surface area contributed by atoms with Gasteiger partial charge in [0.2, 0.25) is 28.7 Å². The summed E-state index contributed by atoms with van der Waals surface area (Å²) in [7, 11) is 9.26. The molecule has 78 heavy (non-hydrogen) atoms. The van der Waals surface area contributed by atoms with Crippen molar-refractivity contribution < 1.29 is 47.7 Å². The predicted molar refractivity (Wildman–Crippen MR) is 293 cm³/mol. The zero-order valence-corrected chi connectivity index (χ0v) is 44.2. The van der Waals surface area contributed by atoms with E-state index in [9.17, 15) is 33.9 Å². The van der Waals surface area contributed by atoms with E-state index in [1.165, 1.54) is 15.1 Å². The molecule has 0 spiro atoms. The van der Waals surface area contributed by atoms with E-state index < -0.39 is 23.5 Å². The van der Waals surface area contributed by atoms with E-state index in [2.05, 4.69) is 31.3 Å². The van der Waals surface area contributed by atoms with Crippen molar-refractivity contribution in [1.29, 1.82) is 0 Å². The molecule has 0 saturated heterocycles. The Morgan fingerprint density at radius 1 is 0.731 bits per heavy atom. The standard InChI is InChI=1S/C57H62N10O11/c1-64(2)38-17-22-42-47(34-38)78-48-35-39(65(3)4)18-23-43(48)52(42)41-21-14-36(33-44(41)56(72)73)55(71)60-26-10-6-7-13-49(68)58-27-29-76-31-32-77-30-28-59-50(69)24-25-51(70)62-53-54-63-67(37-15-19-40(75-5)20-16-37)57(74)66(54)46-12-9-8-11-45(46)61-53/h8-9,11-12,14-23,33-35H,6-7,10,13,24-32H2,1-5H3,(H4-,58,59,60,61,62,68,69,70,71,72,73). The number of carbonyl (C=O) groups excluding carboxylic acids is 5. The SMILES string of the molecule is COc1ccc(-n2nc3c(NC(=O)CCC(=O)NCCOCCOCCNC(=O)CCCCCNC(=O)c4ccc(-c5c6ccc(=[N+](C)C)cc-6oc6cc(N(C)C)ccc56)c(C(=O)[O-])c4)nc4ccccc4n3c2=O)cc1. The van der Waals surface area contributed by atoms with Crippen LogP contribution in [-0.4, -0.2) is 130 Å². The molecule has 8 rings (SSSR count). The summed E-state index contributed by atoms with van der Waals surface area (Å²) in [5.41, 5.74) is 4.50. The number of anilines is 2. The molecule has 21 nitrogen and oxygen atoms in total. The van der Waals surface area contributed by atoms with E-state index in [0.29, 0.717) is 94.7 Å². The molecule has 0 saturated carbocycles. The minimum Gasteiger partial charge on any atom is -0.545 e. The first-order chi connectivity index (χ1) is 37.7. The molecule has 0 atom stereocenters. The second-order valence-electron chi connectivity index (χ2n) is 18.7. The summed E-state index contributed by atoms with van der Waals surface area (Å²) in [4.78, 5) is 83.9. The average molecular weight is 1060 g/mol. The smallest absolute Gasteiger partial charge is 0.355 e. The first-order valence-corrected chi connectivity index (χ1v) is 25.6. The molecule has 4 N–H and O–H groups in total. The maximum atomic E-state index is 13.6. The zero-order chi connectivity index (χ0) is 55.3. The Kier molecular flexibility index (Phi) is 18.2. The van der Waals surface area contributed by atoms with Gasteiger partial charge in [0.15, 0.2) is 5.82 Å². The number of aromatic carboxylic acids is 1. The van der Waals surface area contributed by atoms with Crippen molar-refractivity contribution in [2.75, 3.05) is 91.6 Å². The van der Waals surface area contributed by atoms with Crippen LogP contribution in [0.25, 0.3) is 55.8 Å². The fraction of sp³-hybridized carbons (Fsp3) is 0.316. The third kappa shape index (κ3) is 13.3. The van der Waals surface area contributed by atoms with Gasteiger partial charge in [0.1, 0.15) is 31.2 Å². The molecular formula is C57H62N10O11. The van der Waals surface area contributed by atoms with Crippen molar-refractivity contribution in [2.24, 2.45) is 0 Å². The Bertz CT molecular complexity index is 3600. The maximum Gasteiger partial charge on any atom is 0.355 e. The average Bonchev–Trinajstić information content (AvgIpc) is 3.91. The second-order valence-corrected chi connectivity index (χ2v) is 18.7. The Morgan fingerprint density at radius 3 is 2.14 bits per heavy atom. The highest BCUT2D eigenvalue weighted by Crippen LogP contribution is 2.42. The number of hydrogen-bond donors (Lipinski definition) is 4. The summed E-state index contributed by atoms with van der Waals surface area (Å²) in [6.07, 6.45) is 1.98. The van der Waals surface area contributed by atoms with Crippen molar-refractivity contribution >= 4 is 68.8 Å². The molecular weight excluding hydrogens is 1000 g/mol. The molecule has 0 fully saturated rings. The summed E-state index contributed by atoms with van der Waals surface area (Å²) in [6.45, 7) is 1.94. The first-order valence-electron chi connectivity index (χ1n) is 25.6. The molecule has 2 aliphatic rings. The molecule has 3 heterocycles. The van der Waals surface area contributed by atoms with Crippen LogP contribution in [0.1, 0.15) is 59.2 Å². The Morgan fingerprint density at radius 2 is 1.44 bits per heavy atom. The van der Waals surface area contributed by atoms with Gasteiger partial charge in [0.25, 0.3) is 5.91 Å². The number of nitrogens with one attached hydrogen (secondary N) is 4. The lowest BCUT2D eigenvalue weighted by atomic mass is 9.89. The third-order valence-corrected chi connectivity index (χ3v) is 12.9. The van der Waals surface area contributed by atoms with Crippen LogP contribution in [0.15, 0.2) is 112 Å². The number of hydrogen-bond acceptors (Lipinski definition) is 14. The summed E-state index contributed by atoms with van der Waals surface area (Å²) < 4.78 is 27.3. The minimum absolute atomic E-state index is 0.0810. The number of methoxy groups -OCH3 is 1. The molecule has 2 aromatic heterocycles. The lowest BCUT2D eigenvalue weighted by Crippen LogP contribution is -2.29. The van der Waals surface area contributed by atoms with E-state index in [-0.39, 0.29) is 80.2 Å². The monoisotopic (exact) mass is 1060 g/mol. The molecule has 4 amide bonds. The molecule has 0 unspecified atom stereocenters. The molecule has 6 aromatic rings. The van der Waals surface area contributed by atoms with E-state index in [1.807, 2.05) is 74.1 Å². The number of fused-ring (bicyclic) bond motifs is 5. The van der Waals surface area contributed by atoms with Crippen molar-refractivity contribution in [3.05, 3.63) is 130 Å². The molecule has 0 radical (unpaired) electrons. The summed E-state index contributed by atoms with van der Waals surface area (Å²) >= 11 is 0. The van der Waals surface area contributed by atoms with Crippen molar-refractivity contribution in [2.45, 2.75) is 38.5 Å². The van der Waals surface area contributed by atoms with Crippen LogP contribution in [0, 0.1) is 0 Å². The van der Waals surface area contributed by atoms with Gasteiger partial charge in [-0.3, -0.25) is 19.2 Å². The van der Waals surface area contributed by atoms with Crippen molar-refractivity contribution in [3.8, 4) is 33.9 Å². The lowest BCUT2D eigenvalue weighted by molar-refractivity contribution is -0.255. The number of unbranched alkanes of at least 4 members (excludes halogenated alkanes) is 2. The van der Waals surface area contributed by atoms with Crippen LogP contribution in [0.3, 0.4) is 0 Å².